The van der Waals surface area contributed by atoms with Gasteiger partial charge in [0.15, 0.2) is 0 Å². The van der Waals surface area contributed by atoms with Crippen LogP contribution < -0.4 is 15.4 Å². The number of nitrogens with two attached hydrogens (primary N) is 1. The predicted octanol–water partition coefficient (Wildman–Crippen LogP) is 2.26. The Morgan fingerprint density at radius 2 is 2.06 bits per heavy atom. The van der Waals surface area contributed by atoms with Gasteiger partial charge in [0, 0.05) is 13.6 Å². The van der Waals surface area contributed by atoms with Crippen LogP contribution in [-0.4, -0.2) is 26.2 Å². The van der Waals surface area contributed by atoms with Crippen LogP contribution in [-0.2, 0) is 0 Å². The summed E-state index contributed by atoms with van der Waals surface area (Å²) in [6.07, 6.45) is 2.33. The second-order valence-corrected chi connectivity index (χ2v) is 5.17. The zero-order valence-corrected chi connectivity index (χ0v) is 10.9. The third-order valence-corrected chi connectivity index (χ3v) is 3.99. The highest BCUT2D eigenvalue weighted by Gasteiger charge is 2.44. The SMILES string of the molecule is COc1ccccc1N(C)C1(CN)CC(C)C1. The van der Waals surface area contributed by atoms with E-state index in [1.165, 1.54) is 0 Å². The summed E-state index contributed by atoms with van der Waals surface area (Å²) in [4.78, 5) is 2.30. The summed E-state index contributed by atoms with van der Waals surface area (Å²) in [5, 5.41) is 0. The average Bonchev–Trinajstić information content (AvgIpc) is 2.33. The first-order chi connectivity index (χ1) is 8.13. The van der Waals surface area contributed by atoms with E-state index < -0.39 is 0 Å². The lowest BCUT2D eigenvalue weighted by Crippen LogP contribution is -2.60. The first-order valence-electron chi connectivity index (χ1n) is 6.20. The Labute approximate surface area is 104 Å². The molecule has 1 saturated carbocycles. The van der Waals surface area contributed by atoms with E-state index in [0.29, 0.717) is 6.54 Å². The van der Waals surface area contributed by atoms with Crippen molar-refractivity contribution in [1.82, 2.24) is 0 Å². The minimum Gasteiger partial charge on any atom is -0.495 e. The molecule has 0 radical (unpaired) electrons. The minimum atomic E-state index is 0.119. The number of anilines is 1. The van der Waals surface area contributed by atoms with E-state index in [-0.39, 0.29) is 5.54 Å². The number of hydrogen-bond donors (Lipinski definition) is 1. The molecule has 17 heavy (non-hydrogen) atoms. The summed E-state index contributed by atoms with van der Waals surface area (Å²) in [7, 11) is 3.84. The van der Waals surface area contributed by atoms with Crippen LogP contribution in [0, 0.1) is 5.92 Å². The third kappa shape index (κ3) is 2.00. The van der Waals surface area contributed by atoms with Gasteiger partial charge in [0.05, 0.1) is 18.3 Å². The Bertz CT molecular complexity index is 386. The Morgan fingerprint density at radius 1 is 1.41 bits per heavy atom. The zero-order valence-electron chi connectivity index (χ0n) is 10.9. The molecular weight excluding hydrogens is 212 g/mol. The summed E-state index contributed by atoms with van der Waals surface area (Å²) in [5.41, 5.74) is 7.23. The van der Waals surface area contributed by atoms with Crippen LogP contribution >= 0.6 is 0 Å². The van der Waals surface area contributed by atoms with Crippen LogP contribution in [0.2, 0.25) is 0 Å². The average molecular weight is 234 g/mol. The standard InChI is InChI=1S/C14H22N2O/c1-11-8-14(9-11,10-15)16(2)12-6-4-5-7-13(12)17-3/h4-7,11H,8-10,15H2,1-3H3. The van der Waals surface area contributed by atoms with Crippen LogP contribution in [0.5, 0.6) is 5.75 Å². The largest absolute Gasteiger partial charge is 0.495 e. The van der Waals surface area contributed by atoms with Gasteiger partial charge in [-0.15, -0.1) is 0 Å². The van der Waals surface area contributed by atoms with Crippen molar-refractivity contribution < 1.29 is 4.74 Å². The zero-order chi connectivity index (χ0) is 12.5. The highest BCUT2D eigenvalue weighted by Crippen LogP contribution is 2.44. The van der Waals surface area contributed by atoms with Crippen molar-refractivity contribution in [2.45, 2.75) is 25.3 Å². The third-order valence-electron chi connectivity index (χ3n) is 3.99. The van der Waals surface area contributed by atoms with Crippen molar-refractivity contribution in [3.63, 3.8) is 0 Å². The Morgan fingerprint density at radius 3 is 2.59 bits per heavy atom. The molecule has 0 atom stereocenters. The van der Waals surface area contributed by atoms with Gasteiger partial charge in [0.1, 0.15) is 5.75 Å². The van der Waals surface area contributed by atoms with E-state index in [2.05, 4.69) is 24.9 Å². The van der Waals surface area contributed by atoms with Crippen molar-refractivity contribution in [2.24, 2.45) is 11.7 Å². The number of nitrogens with zero attached hydrogens (tertiary/aromatic N) is 1. The van der Waals surface area contributed by atoms with Crippen LogP contribution in [0.25, 0.3) is 0 Å². The number of methoxy groups -OCH3 is 1. The van der Waals surface area contributed by atoms with Crippen molar-refractivity contribution in [3.8, 4) is 5.75 Å². The molecule has 3 nitrogen and oxygen atoms in total. The van der Waals surface area contributed by atoms with Gasteiger partial charge < -0.3 is 15.4 Å². The molecule has 1 aromatic carbocycles. The van der Waals surface area contributed by atoms with Gasteiger partial charge >= 0.3 is 0 Å². The molecule has 0 heterocycles. The fraction of sp³-hybridized carbons (Fsp3) is 0.571. The number of ether oxygens (including phenoxy) is 1. The first-order valence-corrected chi connectivity index (χ1v) is 6.20. The molecule has 94 valence electrons. The van der Waals surface area contributed by atoms with Gasteiger partial charge in [-0.05, 0) is 30.9 Å². The van der Waals surface area contributed by atoms with Crippen molar-refractivity contribution >= 4 is 5.69 Å². The van der Waals surface area contributed by atoms with E-state index in [9.17, 15) is 0 Å². The van der Waals surface area contributed by atoms with Gasteiger partial charge in [-0.2, -0.15) is 0 Å². The second kappa shape index (κ2) is 4.57. The van der Waals surface area contributed by atoms with Crippen LogP contribution in [0.15, 0.2) is 24.3 Å². The molecular formula is C14H22N2O. The van der Waals surface area contributed by atoms with Crippen molar-refractivity contribution in [1.29, 1.82) is 0 Å². The van der Waals surface area contributed by atoms with Gasteiger partial charge in [0.25, 0.3) is 0 Å². The maximum Gasteiger partial charge on any atom is 0.142 e. The number of hydrogen-bond acceptors (Lipinski definition) is 3. The fourth-order valence-electron chi connectivity index (χ4n) is 2.98. The molecule has 0 saturated heterocycles. The molecule has 0 aliphatic heterocycles. The first kappa shape index (κ1) is 12.2. The van der Waals surface area contributed by atoms with Crippen LogP contribution in [0.3, 0.4) is 0 Å². The molecule has 0 aromatic heterocycles. The number of para-hydroxylation sites is 2. The van der Waals surface area contributed by atoms with Gasteiger partial charge in [0.2, 0.25) is 0 Å². The topological polar surface area (TPSA) is 38.5 Å². The Hall–Kier alpha value is -1.22. The summed E-state index contributed by atoms with van der Waals surface area (Å²) >= 11 is 0. The predicted molar refractivity (Wildman–Crippen MR) is 71.6 cm³/mol. The molecule has 3 heteroatoms. The van der Waals surface area contributed by atoms with Crippen molar-refractivity contribution in [2.75, 3.05) is 25.6 Å². The normalized spacial score (nSPS) is 27.4. The molecule has 2 rings (SSSR count). The molecule has 1 aliphatic rings. The van der Waals surface area contributed by atoms with Gasteiger partial charge in [-0.25, -0.2) is 0 Å². The molecule has 0 bridgehead atoms. The van der Waals surface area contributed by atoms with E-state index >= 15 is 0 Å². The number of benzene rings is 1. The number of rotatable bonds is 4. The summed E-state index contributed by atoms with van der Waals surface area (Å²) < 4.78 is 5.42. The lowest BCUT2D eigenvalue weighted by molar-refractivity contribution is 0.163. The van der Waals surface area contributed by atoms with E-state index in [4.69, 9.17) is 10.5 Å². The lowest BCUT2D eigenvalue weighted by Gasteiger charge is -2.53. The highest BCUT2D eigenvalue weighted by molar-refractivity contribution is 5.60. The van der Waals surface area contributed by atoms with Crippen LogP contribution in [0.4, 0.5) is 5.69 Å². The monoisotopic (exact) mass is 234 g/mol. The summed E-state index contributed by atoms with van der Waals surface area (Å²) in [6, 6.07) is 8.13. The minimum absolute atomic E-state index is 0.119. The molecule has 1 aliphatic carbocycles. The second-order valence-electron chi connectivity index (χ2n) is 5.17. The maximum atomic E-state index is 5.98. The van der Waals surface area contributed by atoms with Gasteiger partial charge in [-0.3, -0.25) is 0 Å². The lowest BCUT2D eigenvalue weighted by atomic mass is 9.68. The number of likely N-dealkylation sites (N-methyl/N-ethyl adjacent to an activating group) is 1. The molecule has 0 amide bonds. The van der Waals surface area contributed by atoms with Gasteiger partial charge in [-0.1, -0.05) is 19.1 Å². The van der Waals surface area contributed by atoms with E-state index in [1.54, 1.807) is 7.11 Å². The molecule has 1 aromatic rings. The van der Waals surface area contributed by atoms with Crippen molar-refractivity contribution in [3.05, 3.63) is 24.3 Å². The molecule has 0 unspecified atom stereocenters. The molecule has 2 N–H and O–H groups in total. The summed E-state index contributed by atoms with van der Waals surface area (Å²) in [6.45, 7) is 2.98. The molecule has 0 spiro atoms. The Kier molecular flexibility index (Phi) is 3.29. The molecule has 1 fully saturated rings. The van der Waals surface area contributed by atoms with E-state index in [0.717, 1.165) is 30.2 Å². The smallest absolute Gasteiger partial charge is 0.142 e. The quantitative estimate of drug-likeness (QED) is 0.868. The highest BCUT2D eigenvalue weighted by atomic mass is 16.5. The van der Waals surface area contributed by atoms with E-state index in [1.807, 2.05) is 18.2 Å². The van der Waals surface area contributed by atoms with Crippen LogP contribution in [0.1, 0.15) is 19.8 Å². The Balaban J connectivity index is 2.27. The summed E-state index contributed by atoms with van der Waals surface area (Å²) in [5.74, 6) is 1.69. The maximum absolute atomic E-state index is 5.98. The fourth-order valence-corrected chi connectivity index (χ4v) is 2.98.